The van der Waals surface area contributed by atoms with E-state index in [1.165, 1.54) is 12.1 Å². The van der Waals surface area contributed by atoms with Crippen molar-refractivity contribution in [3.63, 3.8) is 0 Å². The molecule has 11 heavy (non-hydrogen) atoms. The van der Waals surface area contributed by atoms with Crippen molar-refractivity contribution < 1.29 is 9.18 Å². The molecule has 0 bridgehead atoms. The summed E-state index contributed by atoms with van der Waals surface area (Å²) >= 11 is -0.145. The zero-order valence-electron chi connectivity index (χ0n) is 6.00. The van der Waals surface area contributed by atoms with Crippen LogP contribution in [-0.4, -0.2) is 19.6 Å². The van der Waals surface area contributed by atoms with E-state index in [0.717, 1.165) is 4.46 Å². The third-order valence-electron chi connectivity index (χ3n) is 1.08. The van der Waals surface area contributed by atoms with E-state index in [0.29, 0.717) is 0 Å². The van der Waals surface area contributed by atoms with Gasteiger partial charge in [0, 0.05) is 0 Å². The van der Waals surface area contributed by atoms with Crippen molar-refractivity contribution in [1.82, 2.24) is 0 Å². The molecule has 0 heterocycles. The van der Waals surface area contributed by atoms with Gasteiger partial charge in [-0.2, -0.15) is 0 Å². The molecule has 1 nitrogen and oxygen atoms in total. The van der Waals surface area contributed by atoms with E-state index in [9.17, 15) is 9.18 Å². The molecule has 0 unspecified atom stereocenters. The third kappa shape index (κ3) is 2.83. The number of halogens is 1. The molecule has 0 saturated carbocycles. The summed E-state index contributed by atoms with van der Waals surface area (Å²) in [5, 5.41) is 0. The van der Waals surface area contributed by atoms with Gasteiger partial charge in [-0.1, -0.05) is 0 Å². The summed E-state index contributed by atoms with van der Waals surface area (Å²) in [6.45, 7) is 1.54. The molecule has 0 aliphatic heterocycles. The van der Waals surface area contributed by atoms with Crippen LogP contribution in [0.5, 0.6) is 0 Å². The summed E-state index contributed by atoms with van der Waals surface area (Å²) in [5.41, 5.74) is 0. The number of carbonyl (C=O) groups excluding carboxylic acids is 1. The molecule has 1 aromatic rings. The molecular formula is C8H7FOSe. The molecule has 0 spiro atoms. The first-order chi connectivity index (χ1) is 5.18. The van der Waals surface area contributed by atoms with E-state index in [-0.39, 0.29) is 25.5 Å². The fourth-order valence-electron chi connectivity index (χ4n) is 0.669. The average Bonchev–Trinajstić information content (AvgIpc) is 1.93. The first-order valence-electron chi connectivity index (χ1n) is 3.12. The fourth-order valence-corrected chi connectivity index (χ4v) is 1.94. The maximum absolute atomic E-state index is 12.3. The molecule has 0 fully saturated rings. The van der Waals surface area contributed by atoms with Gasteiger partial charge < -0.3 is 0 Å². The summed E-state index contributed by atoms with van der Waals surface area (Å²) in [4.78, 5) is 10.6. The van der Waals surface area contributed by atoms with E-state index in [1.54, 1.807) is 19.1 Å². The number of rotatable bonds is 2. The Balaban J connectivity index is 2.74. The molecule has 0 aliphatic rings. The van der Waals surface area contributed by atoms with Crippen LogP contribution in [0.2, 0.25) is 0 Å². The molecular weight excluding hydrogens is 210 g/mol. The number of hydrogen-bond acceptors (Lipinski definition) is 1. The van der Waals surface area contributed by atoms with Gasteiger partial charge in [0.1, 0.15) is 0 Å². The quantitative estimate of drug-likeness (QED) is 0.666. The van der Waals surface area contributed by atoms with Crippen molar-refractivity contribution in [2.24, 2.45) is 0 Å². The van der Waals surface area contributed by atoms with Gasteiger partial charge in [0.2, 0.25) is 0 Å². The van der Waals surface area contributed by atoms with Gasteiger partial charge in [0.15, 0.2) is 0 Å². The first-order valence-corrected chi connectivity index (χ1v) is 4.84. The van der Waals surface area contributed by atoms with E-state index < -0.39 is 0 Å². The molecule has 0 aliphatic carbocycles. The van der Waals surface area contributed by atoms with Gasteiger partial charge in [-0.3, -0.25) is 0 Å². The van der Waals surface area contributed by atoms with Crippen LogP contribution in [0.1, 0.15) is 6.92 Å². The molecule has 3 heteroatoms. The van der Waals surface area contributed by atoms with Crippen molar-refractivity contribution in [3.8, 4) is 0 Å². The average molecular weight is 217 g/mol. The molecule has 0 amide bonds. The second-order valence-electron chi connectivity index (χ2n) is 2.05. The van der Waals surface area contributed by atoms with Crippen molar-refractivity contribution in [3.05, 3.63) is 30.1 Å². The molecule has 1 rings (SSSR count). The van der Waals surface area contributed by atoms with Crippen LogP contribution in [-0.2, 0) is 4.79 Å². The molecule has 1 aromatic carbocycles. The Labute approximate surface area is 70.8 Å². The van der Waals surface area contributed by atoms with Crippen molar-refractivity contribution in [1.29, 1.82) is 0 Å². The van der Waals surface area contributed by atoms with E-state index >= 15 is 0 Å². The summed E-state index contributed by atoms with van der Waals surface area (Å²) < 4.78 is 13.4. The van der Waals surface area contributed by atoms with Crippen LogP contribution < -0.4 is 4.46 Å². The van der Waals surface area contributed by atoms with Crippen LogP contribution in [0.4, 0.5) is 4.39 Å². The van der Waals surface area contributed by atoms with E-state index in [4.69, 9.17) is 0 Å². The van der Waals surface area contributed by atoms with Gasteiger partial charge >= 0.3 is 70.3 Å². The van der Waals surface area contributed by atoms with Gasteiger partial charge in [-0.25, -0.2) is 0 Å². The first kappa shape index (κ1) is 8.44. The van der Waals surface area contributed by atoms with Crippen LogP contribution in [0.15, 0.2) is 24.3 Å². The van der Waals surface area contributed by atoms with Crippen LogP contribution in [0.25, 0.3) is 0 Å². The topological polar surface area (TPSA) is 17.1 Å². The van der Waals surface area contributed by atoms with Gasteiger partial charge in [-0.05, 0) is 0 Å². The summed E-state index contributed by atoms with van der Waals surface area (Å²) in [6, 6.07) is 6.05. The Morgan fingerprint density at radius 2 is 1.91 bits per heavy atom. The standard InChI is InChI=1S/C8H7FOSe/c1-6(10)11-8-4-2-7(9)3-5-8/h2-5H,1H3. The minimum atomic E-state index is -0.256. The summed E-state index contributed by atoms with van der Waals surface area (Å²) in [7, 11) is 0. The second-order valence-corrected chi connectivity index (χ2v) is 4.67. The predicted molar refractivity (Wildman–Crippen MR) is 42.5 cm³/mol. The summed E-state index contributed by atoms with van der Waals surface area (Å²) in [5.74, 6) is -0.256. The van der Waals surface area contributed by atoms with E-state index in [2.05, 4.69) is 0 Å². The van der Waals surface area contributed by atoms with Gasteiger partial charge in [0.05, 0.1) is 0 Å². The number of hydrogen-bond donors (Lipinski definition) is 0. The molecule has 0 aromatic heterocycles. The molecule has 0 atom stereocenters. The Morgan fingerprint density at radius 1 is 1.36 bits per heavy atom. The van der Waals surface area contributed by atoms with Gasteiger partial charge in [0.25, 0.3) is 0 Å². The number of benzene rings is 1. The SMILES string of the molecule is CC(=O)[Se]c1ccc(F)cc1. The zero-order chi connectivity index (χ0) is 8.27. The Hall–Kier alpha value is -0.661. The third-order valence-corrected chi connectivity index (χ3v) is 2.74. The maximum atomic E-state index is 12.3. The Kier molecular flexibility index (Phi) is 2.80. The summed E-state index contributed by atoms with van der Waals surface area (Å²) in [6.07, 6.45) is 0. The number of carbonyl (C=O) groups is 1. The van der Waals surface area contributed by atoms with Crippen LogP contribution in [0, 0.1) is 5.82 Å². The monoisotopic (exact) mass is 218 g/mol. The second kappa shape index (κ2) is 3.65. The molecule has 0 radical (unpaired) electrons. The van der Waals surface area contributed by atoms with Crippen molar-refractivity contribution in [2.75, 3.05) is 0 Å². The van der Waals surface area contributed by atoms with E-state index in [1.807, 2.05) is 0 Å². The zero-order valence-corrected chi connectivity index (χ0v) is 7.72. The Bertz CT molecular complexity index is 255. The molecule has 0 saturated heterocycles. The van der Waals surface area contributed by atoms with Crippen molar-refractivity contribution >= 4 is 24.1 Å². The Morgan fingerprint density at radius 3 is 2.36 bits per heavy atom. The van der Waals surface area contributed by atoms with Crippen molar-refractivity contribution in [2.45, 2.75) is 6.92 Å². The van der Waals surface area contributed by atoms with Crippen LogP contribution in [0.3, 0.4) is 0 Å². The van der Waals surface area contributed by atoms with Crippen LogP contribution >= 0.6 is 0 Å². The van der Waals surface area contributed by atoms with Gasteiger partial charge in [-0.15, -0.1) is 0 Å². The fraction of sp³-hybridized carbons (Fsp3) is 0.125. The normalized spacial score (nSPS) is 9.64. The molecule has 0 N–H and O–H groups in total. The predicted octanol–water partition coefficient (Wildman–Crippen LogP) is 0.702. The minimum absolute atomic E-state index is 0.145. The molecule has 58 valence electrons.